The van der Waals surface area contributed by atoms with Crippen LogP contribution in [0.3, 0.4) is 0 Å². The van der Waals surface area contributed by atoms with Gasteiger partial charge in [0.25, 0.3) is 0 Å². The lowest BCUT2D eigenvalue weighted by Crippen LogP contribution is -2.28. The Morgan fingerprint density at radius 3 is 2.42 bits per heavy atom. The van der Waals surface area contributed by atoms with Gasteiger partial charge < -0.3 is 13.7 Å². The largest absolute Gasteiger partial charge is 0.534 e. The van der Waals surface area contributed by atoms with Crippen LogP contribution in [0.2, 0.25) is 0 Å². The molecule has 0 N–H and O–H groups in total. The summed E-state index contributed by atoms with van der Waals surface area (Å²) >= 11 is 3.30. The molecule has 0 spiro atoms. The summed E-state index contributed by atoms with van der Waals surface area (Å²) in [5.41, 5.74) is -5.43. The highest BCUT2D eigenvalue weighted by Gasteiger charge is 2.49. The molecular formula is C14H10BrF3O5S. The van der Waals surface area contributed by atoms with Crippen LogP contribution >= 0.6 is 15.9 Å². The second-order valence-corrected chi connectivity index (χ2v) is 7.35. The molecule has 0 aromatic heterocycles. The predicted molar refractivity (Wildman–Crippen MR) is 81.9 cm³/mol. The third kappa shape index (κ3) is 3.23. The molecule has 0 unspecified atom stereocenters. The third-order valence-corrected chi connectivity index (χ3v) is 4.78. The fourth-order valence-corrected chi connectivity index (χ4v) is 3.17. The fourth-order valence-electron chi connectivity index (χ4n) is 2.31. The number of benzene rings is 2. The van der Waals surface area contributed by atoms with Gasteiger partial charge in [-0.2, -0.15) is 21.6 Å². The van der Waals surface area contributed by atoms with Crippen molar-refractivity contribution < 1.29 is 35.2 Å². The van der Waals surface area contributed by atoms with Gasteiger partial charge in [-0.1, -0.05) is 28.1 Å². The van der Waals surface area contributed by atoms with Gasteiger partial charge in [0.05, 0.1) is 18.8 Å². The van der Waals surface area contributed by atoms with E-state index in [0.29, 0.717) is 10.8 Å². The number of fused-ring (bicyclic) bond motifs is 1. The van der Waals surface area contributed by atoms with Crippen LogP contribution in [-0.2, 0) is 19.6 Å². The van der Waals surface area contributed by atoms with E-state index < -0.39 is 27.7 Å². The molecule has 0 saturated carbocycles. The molecule has 24 heavy (non-hydrogen) atoms. The van der Waals surface area contributed by atoms with E-state index in [1.165, 1.54) is 6.07 Å². The van der Waals surface area contributed by atoms with Crippen LogP contribution in [0.5, 0.6) is 5.75 Å². The quantitative estimate of drug-likeness (QED) is 0.550. The van der Waals surface area contributed by atoms with Gasteiger partial charge in [0.15, 0.2) is 12.0 Å². The van der Waals surface area contributed by atoms with Crippen molar-refractivity contribution in [2.45, 2.75) is 11.8 Å². The Morgan fingerprint density at radius 1 is 1.12 bits per heavy atom. The molecule has 0 bridgehead atoms. The number of hydrogen-bond donors (Lipinski definition) is 0. The van der Waals surface area contributed by atoms with Crippen molar-refractivity contribution >= 4 is 36.8 Å². The lowest BCUT2D eigenvalue weighted by molar-refractivity contribution is -0.0521. The van der Waals surface area contributed by atoms with Crippen molar-refractivity contribution in [3.05, 3.63) is 40.4 Å². The lowest BCUT2D eigenvalue weighted by Gasteiger charge is -2.18. The van der Waals surface area contributed by atoms with Gasteiger partial charge in [-0.25, -0.2) is 0 Å². The summed E-state index contributed by atoms with van der Waals surface area (Å²) < 4.78 is 76.3. The highest BCUT2D eigenvalue weighted by Crippen LogP contribution is 2.40. The van der Waals surface area contributed by atoms with Crippen LogP contribution in [0, 0.1) is 0 Å². The van der Waals surface area contributed by atoms with Gasteiger partial charge in [0.1, 0.15) is 0 Å². The van der Waals surface area contributed by atoms with Crippen molar-refractivity contribution in [1.82, 2.24) is 0 Å². The molecule has 1 saturated heterocycles. The maximum absolute atomic E-state index is 12.6. The SMILES string of the molecule is O=S(=O)(Oc1ccc2cc(Br)ccc2c1C1OCCO1)C(F)(F)F. The highest BCUT2D eigenvalue weighted by atomic mass is 79.9. The van der Waals surface area contributed by atoms with Crippen LogP contribution in [0.25, 0.3) is 10.8 Å². The third-order valence-electron chi connectivity index (χ3n) is 3.32. The standard InChI is InChI=1S/C14H10BrF3O5S/c15-9-2-3-10-8(7-9)1-4-11(12(10)13-21-5-6-22-13)23-24(19,20)14(16,17)18/h1-4,7,13H,5-6H2. The first-order valence-corrected chi connectivity index (χ1v) is 8.85. The van der Waals surface area contributed by atoms with Gasteiger partial charge >= 0.3 is 15.6 Å². The zero-order valence-electron chi connectivity index (χ0n) is 11.8. The second-order valence-electron chi connectivity index (χ2n) is 4.90. The van der Waals surface area contributed by atoms with Crippen molar-refractivity contribution in [1.29, 1.82) is 0 Å². The normalized spacial score (nSPS) is 16.7. The molecule has 0 aliphatic carbocycles. The van der Waals surface area contributed by atoms with E-state index in [4.69, 9.17) is 9.47 Å². The van der Waals surface area contributed by atoms with Crippen LogP contribution in [0.15, 0.2) is 34.8 Å². The van der Waals surface area contributed by atoms with Gasteiger partial charge in [0.2, 0.25) is 0 Å². The van der Waals surface area contributed by atoms with Crippen molar-refractivity contribution in [2.24, 2.45) is 0 Å². The maximum atomic E-state index is 12.6. The number of halogens is 4. The number of alkyl halides is 3. The highest BCUT2D eigenvalue weighted by molar-refractivity contribution is 9.10. The Balaban J connectivity index is 2.17. The van der Waals surface area contributed by atoms with E-state index in [-0.39, 0.29) is 18.8 Å². The molecule has 0 atom stereocenters. The molecule has 10 heteroatoms. The maximum Gasteiger partial charge on any atom is 0.534 e. The summed E-state index contributed by atoms with van der Waals surface area (Å²) in [6.45, 7) is 0.478. The van der Waals surface area contributed by atoms with Crippen LogP contribution in [-0.4, -0.2) is 27.1 Å². The van der Waals surface area contributed by atoms with E-state index in [9.17, 15) is 21.6 Å². The Kier molecular flexibility index (Phi) is 4.49. The first-order chi connectivity index (χ1) is 11.2. The molecule has 5 nitrogen and oxygen atoms in total. The first-order valence-electron chi connectivity index (χ1n) is 6.65. The van der Waals surface area contributed by atoms with Gasteiger partial charge in [-0.3, -0.25) is 0 Å². The fraction of sp³-hybridized carbons (Fsp3) is 0.286. The van der Waals surface area contributed by atoms with E-state index in [0.717, 1.165) is 10.5 Å². The molecule has 0 amide bonds. The molecule has 1 aliphatic rings. The lowest BCUT2D eigenvalue weighted by atomic mass is 10.0. The molecule has 2 aromatic carbocycles. The Hall–Kier alpha value is -1.36. The minimum Gasteiger partial charge on any atom is -0.376 e. The summed E-state index contributed by atoms with van der Waals surface area (Å²) in [6, 6.07) is 7.63. The van der Waals surface area contributed by atoms with E-state index in [2.05, 4.69) is 20.1 Å². The zero-order chi connectivity index (χ0) is 17.5. The average Bonchev–Trinajstić information content (AvgIpc) is 2.99. The zero-order valence-corrected chi connectivity index (χ0v) is 14.2. The molecule has 1 fully saturated rings. The number of hydrogen-bond acceptors (Lipinski definition) is 5. The van der Waals surface area contributed by atoms with Gasteiger partial charge in [-0.15, -0.1) is 0 Å². The minimum atomic E-state index is -5.80. The van der Waals surface area contributed by atoms with Gasteiger partial charge in [0, 0.05) is 4.47 Å². The summed E-state index contributed by atoms with van der Waals surface area (Å²) in [7, 11) is -5.80. The molecule has 0 radical (unpaired) electrons. The average molecular weight is 427 g/mol. The van der Waals surface area contributed by atoms with E-state index >= 15 is 0 Å². The van der Waals surface area contributed by atoms with Crippen molar-refractivity contribution in [2.75, 3.05) is 13.2 Å². The summed E-state index contributed by atoms with van der Waals surface area (Å²) in [6.07, 6.45) is -1.01. The van der Waals surface area contributed by atoms with Crippen LogP contribution < -0.4 is 4.18 Å². The van der Waals surface area contributed by atoms with Crippen molar-refractivity contribution in [3.63, 3.8) is 0 Å². The topological polar surface area (TPSA) is 61.8 Å². The summed E-state index contributed by atoms with van der Waals surface area (Å²) in [4.78, 5) is 0. The summed E-state index contributed by atoms with van der Waals surface area (Å²) in [5, 5.41) is 1.13. The van der Waals surface area contributed by atoms with Crippen LogP contribution in [0.1, 0.15) is 11.9 Å². The Labute approximate surface area is 143 Å². The molecule has 1 heterocycles. The van der Waals surface area contributed by atoms with E-state index in [1.807, 2.05) is 0 Å². The van der Waals surface area contributed by atoms with E-state index in [1.54, 1.807) is 18.2 Å². The predicted octanol–water partition coefficient (Wildman–Crippen LogP) is 3.88. The first kappa shape index (κ1) is 17.5. The molecular weight excluding hydrogens is 417 g/mol. The van der Waals surface area contributed by atoms with Crippen LogP contribution in [0.4, 0.5) is 13.2 Å². The van der Waals surface area contributed by atoms with Crippen molar-refractivity contribution in [3.8, 4) is 5.75 Å². The Morgan fingerprint density at radius 2 is 1.79 bits per heavy atom. The number of rotatable bonds is 3. The number of ether oxygens (including phenoxy) is 2. The smallest absolute Gasteiger partial charge is 0.376 e. The molecule has 3 rings (SSSR count). The molecule has 130 valence electrons. The molecule has 1 aliphatic heterocycles. The monoisotopic (exact) mass is 426 g/mol. The Bertz CT molecular complexity index is 876. The summed E-state index contributed by atoms with van der Waals surface area (Å²) in [5.74, 6) is -0.478. The minimum absolute atomic E-state index is 0.102. The molecule has 2 aromatic rings. The van der Waals surface area contributed by atoms with Gasteiger partial charge in [-0.05, 0) is 29.0 Å². The second kappa shape index (κ2) is 6.17.